The number of nitrogens with one attached hydrogen (secondary N) is 2. The lowest BCUT2D eigenvalue weighted by atomic mass is 10.0. The SMILES string of the molecule is COc1cc(C(=O)NC(=S)Nc2cc(Br)cc(C(=O)Cc3ccccc3)c2)cc(OC)c1OC. The molecule has 34 heavy (non-hydrogen) atoms. The van der Waals surface area contributed by atoms with E-state index in [0.29, 0.717) is 33.0 Å². The van der Waals surface area contributed by atoms with E-state index >= 15 is 0 Å². The number of ether oxygens (including phenoxy) is 3. The number of hydrogen-bond acceptors (Lipinski definition) is 6. The molecule has 3 aromatic carbocycles. The molecule has 0 aromatic heterocycles. The van der Waals surface area contributed by atoms with Crippen LogP contribution < -0.4 is 24.8 Å². The van der Waals surface area contributed by atoms with Crippen LogP contribution in [0.5, 0.6) is 17.2 Å². The van der Waals surface area contributed by atoms with E-state index in [9.17, 15) is 9.59 Å². The van der Waals surface area contributed by atoms with Gasteiger partial charge in [0, 0.05) is 27.7 Å². The lowest BCUT2D eigenvalue weighted by molar-refractivity contribution is 0.0973. The molecule has 2 N–H and O–H groups in total. The smallest absolute Gasteiger partial charge is 0.257 e. The van der Waals surface area contributed by atoms with Crippen LogP contribution in [0.2, 0.25) is 0 Å². The van der Waals surface area contributed by atoms with Gasteiger partial charge in [0.1, 0.15) is 0 Å². The maximum Gasteiger partial charge on any atom is 0.257 e. The monoisotopic (exact) mass is 542 g/mol. The third-order valence-corrected chi connectivity index (χ3v) is 5.50. The molecule has 7 nitrogen and oxygen atoms in total. The highest BCUT2D eigenvalue weighted by molar-refractivity contribution is 9.10. The highest BCUT2D eigenvalue weighted by Crippen LogP contribution is 2.38. The maximum absolute atomic E-state index is 12.8. The average molecular weight is 543 g/mol. The molecule has 0 radical (unpaired) electrons. The van der Waals surface area contributed by atoms with Gasteiger partial charge in [0.15, 0.2) is 22.4 Å². The van der Waals surface area contributed by atoms with Gasteiger partial charge in [-0.3, -0.25) is 14.9 Å². The molecule has 176 valence electrons. The predicted octanol–water partition coefficient (Wildman–Crippen LogP) is 5.03. The van der Waals surface area contributed by atoms with E-state index in [0.717, 1.165) is 5.56 Å². The molecule has 0 unspecified atom stereocenters. The normalized spacial score (nSPS) is 10.2. The van der Waals surface area contributed by atoms with Crippen molar-refractivity contribution < 1.29 is 23.8 Å². The molecule has 0 fully saturated rings. The Balaban J connectivity index is 1.72. The summed E-state index contributed by atoms with van der Waals surface area (Å²) >= 11 is 8.74. The van der Waals surface area contributed by atoms with Crippen molar-refractivity contribution in [1.82, 2.24) is 5.32 Å². The zero-order valence-electron chi connectivity index (χ0n) is 18.8. The molecule has 0 aliphatic rings. The molecule has 0 heterocycles. The Bertz CT molecular complexity index is 1190. The minimum Gasteiger partial charge on any atom is -0.493 e. The summed E-state index contributed by atoms with van der Waals surface area (Å²) in [6, 6.07) is 17.8. The Morgan fingerprint density at radius 2 is 1.53 bits per heavy atom. The largest absolute Gasteiger partial charge is 0.493 e. The van der Waals surface area contributed by atoms with Crippen molar-refractivity contribution in [3.8, 4) is 17.2 Å². The first-order chi connectivity index (χ1) is 16.3. The molecule has 0 saturated heterocycles. The highest BCUT2D eigenvalue weighted by atomic mass is 79.9. The number of ketones is 1. The fourth-order valence-electron chi connectivity index (χ4n) is 3.26. The van der Waals surface area contributed by atoms with Crippen molar-refractivity contribution in [3.63, 3.8) is 0 Å². The van der Waals surface area contributed by atoms with Gasteiger partial charge in [-0.2, -0.15) is 0 Å². The van der Waals surface area contributed by atoms with Gasteiger partial charge in [-0.1, -0.05) is 46.3 Å². The molecule has 0 spiro atoms. The van der Waals surface area contributed by atoms with Gasteiger partial charge in [0.2, 0.25) is 5.75 Å². The summed E-state index contributed by atoms with van der Waals surface area (Å²) in [6.45, 7) is 0. The summed E-state index contributed by atoms with van der Waals surface area (Å²) in [5.41, 5.74) is 2.27. The Morgan fingerprint density at radius 1 is 0.882 bits per heavy atom. The first-order valence-electron chi connectivity index (χ1n) is 10.1. The van der Waals surface area contributed by atoms with Gasteiger partial charge in [0.25, 0.3) is 5.91 Å². The van der Waals surface area contributed by atoms with Crippen LogP contribution in [0.1, 0.15) is 26.3 Å². The zero-order chi connectivity index (χ0) is 24.7. The van der Waals surface area contributed by atoms with Crippen LogP contribution >= 0.6 is 28.1 Å². The molecular weight excluding hydrogens is 520 g/mol. The van der Waals surface area contributed by atoms with Crippen molar-refractivity contribution in [3.05, 3.63) is 81.8 Å². The van der Waals surface area contributed by atoms with Crippen LogP contribution in [0.25, 0.3) is 0 Å². The van der Waals surface area contributed by atoms with Crippen LogP contribution in [0.15, 0.2) is 65.1 Å². The summed E-state index contributed by atoms with van der Waals surface area (Å²) in [5.74, 6) is 0.568. The Labute approximate surface area is 211 Å². The van der Waals surface area contributed by atoms with E-state index in [-0.39, 0.29) is 22.9 Å². The summed E-state index contributed by atoms with van der Waals surface area (Å²) < 4.78 is 16.6. The number of amides is 1. The van der Waals surface area contributed by atoms with E-state index in [1.165, 1.54) is 33.5 Å². The van der Waals surface area contributed by atoms with E-state index < -0.39 is 5.91 Å². The Morgan fingerprint density at radius 3 is 2.12 bits per heavy atom. The van der Waals surface area contributed by atoms with Gasteiger partial charge in [-0.15, -0.1) is 0 Å². The molecule has 0 saturated carbocycles. The number of benzene rings is 3. The minimum absolute atomic E-state index is 0.0390. The first kappa shape index (κ1) is 25.2. The van der Waals surface area contributed by atoms with Crippen LogP contribution in [0, 0.1) is 0 Å². The standard InChI is InChI=1S/C25H23BrN2O5S/c1-31-21-12-17(13-22(32-2)23(21)33-3)24(30)28-25(34)27-19-11-16(10-18(26)14-19)20(29)9-15-7-5-4-6-8-15/h4-8,10-14H,9H2,1-3H3,(H2,27,28,30,34). The van der Waals surface area contributed by atoms with Crippen molar-refractivity contribution in [2.75, 3.05) is 26.6 Å². The van der Waals surface area contributed by atoms with Crippen LogP contribution in [0.4, 0.5) is 5.69 Å². The molecule has 0 atom stereocenters. The van der Waals surface area contributed by atoms with Crippen LogP contribution in [-0.4, -0.2) is 38.1 Å². The zero-order valence-corrected chi connectivity index (χ0v) is 21.2. The van der Waals surface area contributed by atoms with E-state index in [1.807, 2.05) is 30.3 Å². The second kappa shape index (κ2) is 11.6. The van der Waals surface area contributed by atoms with Gasteiger partial charge in [0.05, 0.1) is 21.3 Å². The molecular formula is C25H23BrN2O5S. The number of halogens is 1. The van der Waals surface area contributed by atoms with E-state index in [4.69, 9.17) is 26.4 Å². The topological polar surface area (TPSA) is 85.9 Å². The molecule has 3 rings (SSSR count). The lowest BCUT2D eigenvalue weighted by Gasteiger charge is -2.15. The van der Waals surface area contributed by atoms with E-state index in [2.05, 4.69) is 26.6 Å². The van der Waals surface area contributed by atoms with Gasteiger partial charge in [-0.05, 0) is 48.1 Å². The lowest BCUT2D eigenvalue weighted by Crippen LogP contribution is -2.34. The predicted molar refractivity (Wildman–Crippen MR) is 138 cm³/mol. The summed E-state index contributed by atoms with van der Waals surface area (Å²) in [6.07, 6.45) is 0.277. The first-order valence-corrected chi connectivity index (χ1v) is 11.3. The van der Waals surface area contributed by atoms with Crippen LogP contribution in [-0.2, 0) is 6.42 Å². The van der Waals surface area contributed by atoms with Crippen LogP contribution in [0.3, 0.4) is 0 Å². The van der Waals surface area contributed by atoms with Gasteiger partial charge < -0.3 is 19.5 Å². The van der Waals surface area contributed by atoms with Crippen molar-refractivity contribution in [1.29, 1.82) is 0 Å². The number of methoxy groups -OCH3 is 3. The third-order valence-electron chi connectivity index (χ3n) is 4.84. The number of carbonyl (C=O) groups is 2. The second-order valence-corrected chi connectivity index (χ2v) is 8.46. The van der Waals surface area contributed by atoms with Crippen molar-refractivity contribution in [2.24, 2.45) is 0 Å². The summed E-state index contributed by atoms with van der Waals surface area (Å²) in [7, 11) is 4.42. The number of hydrogen-bond donors (Lipinski definition) is 2. The molecule has 9 heteroatoms. The minimum atomic E-state index is -0.466. The summed E-state index contributed by atoms with van der Waals surface area (Å²) in [5, 5.41) is 5.64. The molecule has 0 aliphatic heterocycles. The molecule has 0 bridgehead atoms. The maximum atomic E-state index is 12.8. The molecule has 1 amide bonds. The van der Waals surface area contributed by atoms with E-state index in [1.54, 1.807) is 18.2 Å². The highest BCUT2D eigenvalue weighted by Gasteiger charge is 2.18. The second-order valence-electron chi connectivity index (χ2n) is 7.14. The molecule has 0 aliphatic carbocycles. The average Bonchev–Trinajstić information content (AvgIpc) is 2.83. The quantitative estimate of drug-likeness (QED) is 0.305. The Hall–Kier alpha value is -3.43. The van der Waals surface area contributed by atoms with Crippen molar-refractivity contribution >= 4 is 50.6 Å². The Kier molecular flexibility index (Phi) is 8.61. The number of anilines is 1. The number of Topliss-reactive ketones (excluding diaryl/α,β-unsaturated/α-hetero) is 1. The number of rotatable bonds is 8. The molecule has 3 aromatic rings. The van der Waals surface area contributed by atoms with Gasteiger partial charge in [-0.25, -0.2) is 0 Å². The number of carbonyl (C=O) groups excluding carboxylic acids is 2. The van der Waals surface area contributed by atoms with Crippen molar-refractivity contribution in [2.45, 2.75) is 6.42 Å². The summed E-state index contributed by atoms with van der Waals surface area (Å²) in [4.78, 5) is 25.5. The van der Waals surface area contributed by atoms with Gasteiger partial charge >= 0.3 is 0 Å². The fraction of sp³-hybridized carbons (Fsp3) is 0.160. The number of thiocarbonyl (C=S) groups is 1. The fourth-order valence-corrected chi connectivity index (χ4v) is 3.96. The third kappa shape index (κ3) is 6.33.